The highest BCUT2D eigenvalue weighted by Gasteiger charge is 2.20. The molecule has 0 saturated carbocycles. The molecular formula is C13H7BrClN3O3S2. The number of hydrogen-bond donors (Lipinski definition) is 0. The number of nitrogens with zero attached hydrogens (tertiary/aromatic N) is 3. The molecule has 0 atom stereocenters. The van der Waals surface area contributed by atoms with Crippen molar-refractivity contribution in [1.82, 2.24) is 15.2 Å². The van der Waals surface area contributed by atoms with Crippen LogP contribution in [0.4, 0.5) is 0 Å². The van der Waals surface area contributed by atoms with Crippen molar-refractivity contribution in [2.45, 2.75) is 9.56 Å². The number of halogens is 2. The zero-order valence-corrected chi connectivity index (χ0v) is 15.4. The number of carbonyl (C=O) groups excluding carboxylic acids is 1. The zero-order valence-electron chi connectivity index (χ0n) is 11.4. The van der Waals surface area contributed by atoms with Crippen LogP contribution in [-0.4, -0.2) is 28.3 Å². The molecule has 10 heteroatoms. The van der Waals surface area contributed by atoms with Gasteiger partial charge in [0, 0.05) is 16.2 Å². The molecule has 0 amide bonds. The first-order valence-corrected chi connectivity index (χ1v) is 8.89. The summed E-state index contributed by atoms with van der Waals surface area (Å²) in [6, 6.07) is 7.52. The van der Waals surface area contributed by atoms with E-state index in [1.54, 1.807) is 0 Å². The van der Waals surface area contributed by atoms with Crippen molar-refractivity contribution in [2.24, 2.45) is 0 Å². The van der Waals surface area contributed by atoms with E-state index in [2.05, 4.69) is 35.8 Å². The van der Waals surface area contributed by atoms with Crippen LogP contribution in [0.1, 0.15) is 9.67 Å². The van der Waals surface area contributed by atoms with Crippen LogP contribution in [0, 0.1) is 0 Å². The minimum atomic E-state index is -0.529. The van der Waals surface area contributed by atoms with E-state index < -0.39 is 5.97 Å². The van der Waals surface area contributed by atoms with E-state index in [-0.39, 0.29) is 10.0 Å². The number of benzene rings is 1. The minimum Gasteiger partial charge on any atom is -0.465 e. The lowest BCUT2D eigenvalue weighted by molar-refractivity contribution is 0.0606. The Labute approximate surface area is 152 Å². The van der Waals surface area contributed by atoms with Crippen molar-refractivity contribution >= 4 is 56.6 Å². The van der Waals surface area contributed by atoms with Gasteiger partial charge in [-0.25, -0.2) is 9.78 Å². The highest BCUT2D eigenvalue weighted by Crippen LogP contribution is 2.36. The summed E-state index contributed by atoms with van der Waals surface area (Å²) in [4.78, 5) is 15.8. The van der Waals surface area contributed by atoms with E-state index in [1.165, 1.54) is 7.11 Å². The van der Waals surface area contributed by atoms with Gasteiger partial charge < -0.3 is 9.15 Å². The van der Waals surface area contributed by atoms with Gasteiger partial charge in [0.2, 0.25) is 5.89 Å². The molecule has 2 heterocycles. The standard InChI is InChI=1S/C13H7BrClN3O3S2/c1-20-11(19)8-9(15)16-13(22-8)23-12-18-17-10(21-12)6-4-2-3-5-7(6)14/h2-5H,1H3. The summed E-state index contributed by atoms with van der Waals surface area (Å²) < 4.78 is 11.6. The van der Waals surface area contributed by atoms with E-state index in [1.807, 2.05) is 24.3 Å². The Morgan fingerprint density at radius 1 is 1.39 bits per heavy atom. The maximum atomic E-state index is 11.5. The Hall–Kier alpha value is -1.42. The first-order chi connectivity index (χ1) is 11.1. The fraction of sp³-hybridized carbons (Fsp3) is 0.0769. The number of methoxy groups -OCH3 is 1. The average molecular weight is 433 g/mol. The van der Waals surface area contributed by atoms with E-state index in [9.17, 15) is 4.79 Å². The van der Waals surface area contributed by atoms with E-state index >= 15 is 0 Å². The van der Waals surface area contributed by atoms with Crippen molar-refractivity contribution in [3.05, 3.63) is 38.8 Å². The van der Waals surface area contributed by atoms with Crippen LogP contribution in [0.3, 0.4) is 0 Å². The first-order valence-electron chi connectivity index (χ1n) is 6.09. The second-order valence-electron chi connectivity index (χ2n) is 4.05. The SMILES string of the molecule is COC(=O)c1sc(Sc2nnc(-c3ccccc3Br)o2)nc1Cl. The quantitative estimate of drug-likeness (QED) is 0.560. The summed E-state index contributed by atoms with van der Waals surface area (Å²) in [7, 11) is 1.28. The van der Waals surface area contributed by atoms with Crippen LogP contribution in [0.2, 0.25) is 5.15 Å². The number of thiazole rings is 1. The number of esters is 1. The second-order valence-corrected chi connectivity index (χ2v) is 7.46. The Bertz CT molecular complexity index is 868. The second kappa shape index (κ2) is 7.00. The van der Waals surface area contributed by atoms with Crippen LogP contribution >= 0.6 is 50.6 Å². The molecule has 1 aromatic carbocycles. The molecule has 118 valence electrons. The molecule has 0 spiro atoms. The predicted molar refractivity (Wildman–Crippen MR) is 90.0 cm³/mol. The van der Waals surface area contributed by atoms with Gasteiger partial charge in [0.05, 0.1) is 12.7 Å². The monoisotopic (exact) mass is 431 g/mol. The van der Waals surface area contributed by atoms with Gasteiger partial charge in [-0.1, -0.05) is 35.1 Å². The number of hydrogen-bond acceptors (Lipinski definition) is 8. The lowest BCUT2D eigenvalue weighted by Crippen LogP contribution is -1.98. The molecule has 23 heavy (non-hydrogen) atoms. The normalized spacial score (nSPS) is 10.7. The summed E-state index contributed by atoms with van der Waals surface area (Å²) in [5.41, 5.74) is 0.791. The van der Waals surface area contributed by atoms with Crippen molar-refractivity contribution in [1.29, 1.82) is 0 Å². The third-order valence-corrected chi connectivity index (χ3v) is 5.63. The lowest BCUT2D eigenvalue weighted by Gasteiger charge is -1.96. The van der Waals surface area contributed by atoms with Crippen LogP contribution < -0.4 is 0 Å². The molecule has 2 aromatic heterocycles. The van der Waals surface area contributed by atoms with Gasteiger partial charge >= 0.3 is 5.97 Å². The fourth-order valence-electron chi connectivity index (χ4n) is 1.61. The maximum absolute atomic E-state index is 11.5. The van der Waals surface area contributed by atoms with Gasteiger partial charge in [-0.3, -0.25) is 0 Å². The van der Waals surface area contributed by atoms with Gasteiger partial charge in [0.25, 0.3) is 5.22 Å². The molecule has 0 radical (unpaired) electrons. The van der Waals surface area contributed by atoms with Gasteiger partial charge in [0.15, 0.2) is 14.4 Å². The first kappa shape index (κ1) is 16.4. The Morgan fingerprint density at radius 3 is 2.91 bits per heavy atom. The third kappa shape index (κ3) is 3.57. The summed E-state index contributed by atoms with van der Waals surface area (Å²) in [5.74, 6) is -0.144. The van der Waals surface area contributed by atoms with E-state index in [0.29, 0.717) is 15.5 Å². The van der Waals surface area contributed by atoms with Crippen molar-refractivity contribution in [2.75, 3.05) is 7.11 Å². The van der Waals surface area contributed by atoms with Crippen molar-refractivity contribution < 1.29 is 13.9 Å². The molecular weight excluding hydrogens is 426 g/mol. The van der Waals surface area contributed by atoms with Gasteiger partial charge in [0.1, 0.15) is 0 Å². The van der Waals surface area contributed by atoms with Crippen molar-refractivity contribution in [3.63, 3.8) is 0 Å². The minimum absolute atomic E-state index is 0.0925. The molecule has 3 rings (SSSR count). The topological polar surface area (TPSA) is 78.1 Å². The average Bonchev–Trinajstić information content (AvgIpc) is 3.14. The summed E-state index contributed by atoms with van der Waals surface area (Å²) in [6.45, 7) is 0. The molecule has 0 N–H and O–H groups in total. The highest BCUT2D eigenvalue weighted by molar-refractivity contribution is 9.10. The Balaban J connectivity index is 1.83. The Morgan fingerprint density at radius 2 is 2.17 bits per heavy atom. The highest BCUT2D eigenvalue weighted by atomic mass is 79.9. The molecule has 0 saturated heterocycles. The third-order valence-electron chi connectivity index (χ3n) is 2.62. The maximum Gasteiger partial charge on any atom is 0.351 e. The fourth-order valence-corrected chi connectivity index (χ4v) is 4.17. The predicted octanol–water partition coefficient (Wildman–Crippen LogP) is 4.55. The van der Waals surface area contributed by atoms with E-state index in [4.69, 9.17) is 16.0 Å². The number of ether oxygens (including phenoxy) is 1. The van der Waals surface area contributed by atoms with Crippen LogP contribution in [0.5, 0.6) is 0 Å². The van der Waals surface area contributed by atoms with Crippen LogP contribution in [0.15, 0.2) is 42.7 Å². The zero-order chi connectivity index (χ0) is 16.4. The summed E-state index contributed by atoms with van der Waals surface area (Å²) in [5, 5.41) is 8.37. The number of aromatic nitrogens is 3. The molecule has 0 bridgehead atoms. The Kier molecular flexibility index (Phi) is 5.00. The summed E-state index contributed by atoms with van der Waals surface area (Å²) in [6.07, 6.45) is 0. The van der Waals surface area contributed by atoms with Gasteiger partial charge in [-0.05, 0) is 28.1 Å². The smallest absolute Gasteiger partial charge is 0.351 e. The molecule has 6 nitrogen and oxygen atoms in total. The largest absolute Gasteiger partial charge is 0.465 e. The van der Waals surface area contributed by atoms with Crippen molar-refractivity contribution in [3.8, 4) is 11.5 Å². The summed E-state index contributed by atoms with van der Waals surface area (Å²) >= 11 is 11.6. The molecule has 3 aromatic rings. The molecule has 0 unspecified atom stereocenters. The van der Waals surface area contributed by atoms with Gasteiger partial charge in [-0.15, -0.1) is 10.2 Å². The van der Waals surface area contributed by atoms with Gasteiger partial charge in [-0.2, -0.15) is 0 Å². The van der Waals surface area contributed by atoms with E-state index in [0.717, 1.165) is 33.1 Å². The van der Waals surface area contributed by atoms with Crippen LogP contribution in [-0.2, 0) is 4.74 Å². The van der Waals surface area contributed by atoms with Crippen LogP contribution in [0.25, 0.3) is 11.5 Å². The molecule has 0 fully saturated rings. The molecule has 0 aliphatic carbocycles. The lowest BCUT2D eigenvalue weighted by atomic mass is 10.2. The molecule has 0 aliphatic rings. The molecule has 0 aliphatic heterocycles. The number of carbonyl (C=O) groups is 1. The number of rotatable bonds is 4.